The van der Waals surface area contributed by atoms with E-state index in [-0.39, 0.29) is 36.3 Å². The highest BCUT2D eigenvalue weighted by atomic mass is 19.4. The number of rotatable bonds is 6. The largest absolute Gasteiger partial charge is 0.474 e. The quantitative estimate of drug-likeness (QED) is 0.523. The van der Waals surface area contributed by atoms with Gasteiger partial charge in [-0.15, -0.1) is 10.2 Å². The molecule has 0 spiro atoms. The van der Waals surface area contributed by atoms with Crippen molar-refractivity contribution in [3.63, 3.8) is 0 Å². The fraction of sp³-hybridized carbons (Fsp3) is 0.600. The van der Waals surface area contributed by atoms with Gasteiger partial charge in [0.2, 0.25) is 11.7 Å². The van der Waals surface area contributed by atoms with Crippen LogP contribution in [0.15, 0.2) is 12.1 Å². The molecule has 2 N–H and O–H groups in total. The molecule has 3 aliphatic heterocycles. The maximum Gasteiger partial charge on any atom is 0.408 e. The Hall–Kier alpha value is -3.79. The zero-order valence-electron chi connectivity index (χ0n) is 23.0. The zero-order chi connectivity index (χ0) is 29.5. The van der Waals surface area contributed by atoms with Gasteiger partial charge in [0, 0.05) is 19.2 Å². The van der Waals surface area contributed by atoms with Crippen LogP contribution in [0.5, 0.6) is 5.88 Å². The van der Waals surface area contributed by atoms with Crippen molar-refractivity contribution in [2.24, 2.45) is 0 Å². The van der Waals surface area contributed by atoms with Crippen molar-refractivity contribution in [1.29, 1.82) is 0 Å². The summed E-state index contributed by atoms with van der Waals surface area (Å²) in [5.74, 6) is -1.71. The second kappa shape index (κ2) is 10.9. The van der Waals surface area contributed by atoms with Gasteiger partial charge in [0.1, 0.15) is 24.4 Å². The molecule has 13 nitrogen and oxygen atoms in total. The van der Waals surface area contributed by atoms with Gasteiger partial charge >= 0.3 is 12.2 Å². The highest BCUT2D eigenvalue weighted by Crippen LogP contribution is 2.40. The first-order chi connectivity index (χ1) is 19.3. The van der Waals surface area contributed by atoms with E-state index in [1.54, 1.807) is 13.0 Å². The number of urea groups is 1. The van der Waals surface area contributed by atoms with Gasteiger partial charge in [0.15, 0.2) is 17.4 Å². The molecule has 3 amide bonds. The number of nitrogens with one attached hydrogen (secondary N) is 2. The number of aromatic nitrogens is 4. The Bertz CT molecular complexity index is 1310. The minimum absolute atomic E-state index is 0.144. The van der Waals surface area contributed by atoms with Gasteiger partial charge in [-0.05, 0) is 46.6 Å². The van der Waals surface area contributed by atoms with Crippen LogP contribution in [-0.2, 0) is 9.47 Å². The minimum Gasteiger partial charge on any atom is -0.474 e. The van der Waals surface area contributed by atoms with E-state index in [9.17, 15) is 22.8 Å². The summed E-state index contributed by atoms with van der Waals surface area (Å²) in [5, 5.41) is 12.6. The Morgan fingerprint density at radius 1 is 1.24 bits per heavy atom. The van der Waals surface area contributed by atoms with Crippen LogP contribution < -0.4 is 25.2 Å². The molecule has 0 radical (unpaired) electrons. The van der Waals surface area contributed by atoms with Gasteiger partial charge in [-0.25, -0.2) is 14.8 Å². The first-order valence-electron chi connectivity index (χ1n) is 13.2. The minimum atomic E-state index is -4.63. The Morgan fingerprint density at radius 3 is 2.68 bits per heavy atom. The third kappa shape index (κ3) is 6.27. The van der Waals surface area contributed by atoms with Gasteiger partial charge < -0.3 is 24.4 Å². The summed E-state index contributed by atoms with van der Waals surface area (Å²) in [6, 6.07) is 0.106. The molecule has 5 rings (SSSR count). The number of halogens is 3. The zero-order valence-corrected chi connectivity index (χ0v) is 23.0. The van der Waals surface area contributed by atoms with E-state index in [0.29, 0.717) is 37.5 Å². The molecule has 2 bridgehead atoms. The van der Waals surface area contributed by atoms with Crippen LogP contribution in [0.3, 0.4) is 0 Å². The molecule has 2 saturated heterocycles. The van der Waals surface area contributed by atoms with Gasteiger partial charge in [0.25, 0.3) is 5.91 Å². The average molecular weight is 581 g/mol. The molecule has 0 aliphatic carbocycles. The van der Waals surface area contributed by atoms with Crippen LogP contribution in [-0.4, -0.2) is 88.6 Å². The summed E-state index contributed by atoms with van der Waals surface area (Å²) in [5.41, 5.74) is 0.923. The summed E-state index contributed by atoms with van der Waals surface area (Å²) in [4.78, 5) is 38.1. The number of alkyl halides is 3. The number of carbonyl (C=O) groups excluding carboxylic acids is 2. The lowest BCUT2D eigenvalue weighted by Gasteiger charge is -2.46. The van der Waals surface area contributed by atoms with Crippen LogP contribution in [0.2, 0.25) is 0 Å². The fourth-order valence-electron chi connectivity index (χ4n) is 5.00. The third-order valence-electron chi connectivity index (χ3n) is 6.97. The number of fused-ring (bicyclic) bond motifs is 4. The lowest BCUT2D eigenvalue weighted by molar-refractivity contribution is -0.149. The Balaban J connectivity index is 1.32. The molecule has 16 heteroatoms. The Morgan fingerprint density at radius 2 is 2.02 bits per heavy atom. The average Bonchev–Trinajstić information content (AvgIpc) is 3.25. The number of hydrogen-bond acceptors (Lipinski definition) is 10. The molecule has 0 saturated carbocycles. The molecule has 41 heavy (non-hydrogen) atoms. The SMILES string of the molecule is Cc1nc(C(=O)NC(C)C(F)(F)F)nc2c1N1CCC[C@@H](C1)N2C(=O)Nc1ccc(OCC2COC(C)(C)O2)nn1. The van der Waals surface area contributed by atoms with Crippen molar-refractivity contribution >= 4 is 29.3 Å². The molecule has 2 unspecified atom stereocenters. The summed E-state index contributed by atoms with van der Waals surface area (Å²) >= 11 is 0. The number of amides is 3. The highest BCUT2D eigenvalue weighted by Gasteiger charge is 2.41. The second-order valence-electron chi connectivity index (χ2n) is 10.6. The van der Waals surface area contributed by atoms with Crippen LogP contribution in [0, 0.1) is 6.92 Å². The van der Waals surface area contributed by atoms with Crippen molar-refractivity contribution in [3.05, 3.63) is 23.7 Å². The van der Waals surface area contributed by atoms with Gasteiger partial charge in [-0.1, -0.05) is 0 Å². The van der Waals surface area contributed by atoms with Crippen LogP contribution in [0.1, 0.15) is 49.9 Å². The lowest BCUT2D eigenvalue weighted by atomic mass is 9.99. The number of anilines is 3. The summed E-state index contributed by atoms with van der Waals surface area (Å²) in [7, 11) is 0. The third-order valence-corrected chi connectivity index (χ3v) is 6.97. The molecular formula is C25H31F3N8O5. The summed E-state index contributed by atoms with van der Waals surface area (Å²) < 4.78 is 55.9. The Kier molecular flexibility index (Phi) is 7.63. The van der Waals surface area contributed by atoms with E-state index in [4.69, 9.17) is 14.2 Å². The van der Waals surface area contributed by atoms with Crippen LogP contribution in [0.25, 0.3) is 0 Å². The van der Waals surface area contributed by atoms with E-state index in [1.165, 1.54) is 11.0 Å². The molecular weight excluding hydrogens is 549 g/mol. The highest BCUT2D eigenvalue weighted by molar-refractivity contribution is 6.04. The Labute approximate surface area is 233 Å². The first kappa shape index (κ1) is 28.7. The molecule has 2 aromatic heterocycles. The molecule has 3 aliphatic rings. The monoisotopic (exact) mass is 580 g/mol. The lowest BCUT2D eigenvalue weighted by Crippen LogP contribution is -2.56. The van der Waals surface area contributed by atoms with E-state index in [2.05, 4.69) is 25.5 Å². The molecule has 2 aromatic rings. The number of piperidine rings is 1. The van der Waals surface area contributed by atoms with Gasteiger partial charge in [0.05, 0.1) is 18.3 Å². The first-order valence-corrected chi connectivity index (χ1v) is 13.2. The molecule has 2 fully saturated rings. The predicted octanol–water partition coefficient (Wildman–Crippen LogP) is 2.81. The number of nitrogens with zero attached hydrogens (tertiary/aromatic N) is 6. The van der Waals surface area contributed by atoms with Crippen molar-refractivity contribution in [2.75, 3.05) is 41.4 Å². The molecule has 3 atom stereocenters. The van der Waals surface area contributed by atoms with Crippen LogP contribution in [0.4, 0.5) is 35.3 Å². The van der Waals surface area contributed by atoms with E-state index in [0.717, 1.165) is 13.3 Å². The van der Waals surface area contributed by atoms with Crippen molar-refractivity contribution in [2.45, 2.75) is 70.7 Å². The standard InChI is InChI=1S/C25H31F3N8O5/c1-13-19-21(32-20(29-13)22(37)30-14(2)25(26,27)28)36(15-6-5-9-35(19)10-15)23(38)31-17-7-8-18(34-33-17)39-11-16-12-40-24(3,4)41-16/h7-8,14-16H,5-6,9-12H2,1-4H3,(H,30,37)(H,31,33,38)/t14?,15-,16?/m0/s1. The number of hydrogen-bond donors (Lipinski definition) is 2. The van der Waals surface area contributed by atoms with Crippen molar-refractivity contribution in [3.8, 4) is 5.88 Å². The van der Waals surface area contributed by atoms with Crippen molar-refractivity contribution < 1.29 is 37.0 Å². The topological polar surface area (TPSA) is 144 Å². The van der Waals surface area contributed by atoms with Gasteiger partial charge in [-0.2, -0.15) is 13.2 Å². The second-order valence-corrected chi connectivity index (χ2v) is 10.6. The fourth-order valence-corrected chi connectivity index (χ4v) is 5.00. The normalized spacial score (nSPS) is 22.1. The number of aryl methyl sites for hydroxylation is 1. The maximum atomic E-state index is 13.5. The van der Waals surface area contributed by atoms with E-state index in [1.807, 2.05) is 24.1 Å². The molecule has 5 heterocycles. The van der Waals surface area contributed by atoms with E-state index < -0.39 is 35.8 Å². The van der Waals surface area contributed by atoms with Gasteiger partial charge in [-0.3, -0.25) is 15.0 Å². The van der Waals surface area contributed by atoms with Crippen molar-refractivity contribution in [1.82, 2.24) is 25.5 Å². The smallest absolute Gasteiger partial charge is 0.408 e. The van der Waals surface area contributed by atoms with Crippen LogP contribution >= 0.6 is 0 Å². The number of ether oxygens (including phenoxy) is 3. The maximum absolute atomic E-state index is 13.5. The molecule has 0 aromatic carbocycles. The predicted molar refractivity (Wildman–Crippen MR) is 139 cm³/mol. The number of carbonyl (C=O) groups is 2. The summed E-state index contributed by atoms with van der Waals surface area (Å²) in [6.07, 6.45) is -3.42. The van der Waals surface area contributed by atoms with E-state index >= 15 is 0 Å². The summed E-state index contributed by atoms with van der Waals surface area (Å²) in [6.45, 7) is 7.89. The molecule has 222 valence electrons.